The molecule has 0 saturated heterocycles. The molecule has 2 aromatic carbocycles. The number of amides is 2. The van der Waals surface area contributed by atoms with Crippen LogP contribution in [0.5, 0.6) is 0 Å². The number of nitrogens with zero attached hydrogens (tertiary/aromatic N) is 4. The first-order valence-corrected chi connectivity index (χ1v) is 12.1. The lowest BCUT2D eigenvalue weighted by atomic mass is 10.0. The quantitative estimate of drug-likeness (QED) is 0.388. The molecular formula is C26H28F2N8O. The van der Waals surface area contributed by atoms with E-state index in [2.05, 4.69) is 31.6 Å². The molecule has 0 bridgehead atoms. The fraction of sp³-hybridized carbons (Fsp3) is 0.269. The van der Waals surface area contributed by atoms with E-state index in [0.717, 1.165) is 42.9 Å². The second kappa shape index (κ2) is 10.4. The van der Waals surface area contributed by atoms with Gasteiger partial charge in [0.1, 0.15) is 11.5 Å². The van der Waals surface area contributed by atoms with Crippen LogP contribution in [0.2, 0.25) is 0 Å². The van der Waals surface area contributed by atoms with Crippen molar-refractivity contribution < 1.29 is 13.6 Å². The van der Waals surface area contributed by atoms with Crippen LogP contribution in [0.15, 0.2) is 59.8 Å². The summed E-state index contributed by atoms with van der Waals surface area (Å²) in [5.41, 5.74) is 5.57. The van der Waals surface area contributed by atoms with Crippen molar-refractivity contribution in [1.82, 2.24) is 21.0 Å². The van der Waals surface area contributed by atoms with Crippen LogP contribution < -0.4 is 26.5 Å². The number of carbonyl (C=O) groups is 1. The summed E-state index contributed by atoms with van der Waals surface area (Å²) in [5.74, 6) is -1.11. The van der Waals surface area contributed by atoms with E-state index in [4.69, 9.17) is 0 Å². The topological polar surface area (TPSA) is 96.9 Å². The Kier molecular flexibility index (Phi) is 6.87. The first-order chi connectivity index (χ1) is 17.9. The lowest BCUT2D eigenvalue weighted by Crippen LogP contribution is -2.43. The third-order valence-electron chi connectivity index (χ3n) is 6.47. The highest BCUT2D eigenvalue weighted by Gasteiger charge is 2.31. The molecule has 2 aliphatic rings. The number of hydrogen-bond donors (Lipinski definition) is 4. The number of amidine groups is 1. The van der Waals surface area contributed by atoms with Crippen molar-refractivity contribution in [1.29, 1.82) is 0 Å². The molecule has 192 valence electrons. The SMILES string of the molecule is CNc1ncc(-c2cccc(NC(=O)NC3CCCC3)c2)cc1C1=NNN(C)N1c1cccc(F)c1F. The first-order valence-electron chi connectivity index (χ1n) is 12.1. The Morgan fingerprint density at radius 1 is 1.08 bits per heavy atom. The Morgan fingerprint density at radius 3 is 2.65 bits per heavy atom. The highest BCUT2D eigenvalue weighted by Crippen LogP contribution is 2.31. The second-order valence-electron chi connectivity index (χ2n) is 8.97. The number of pyridine rings is 1. The zero-order valence-corrected chi connectivity index (χ0v) is 20.6. The number of urea groups is 1. The van der Waals surface area contributed by atoms with Gasteiger partial charge in [0.25, 0.3) is 0 Å². The second-order valence-corrected chi connectivity index (χ2v) is 8.97. The number of anilines is 3. The van der Waals surface area contributed by atoms with Crippen LogP contribution in [0, 0.1) is 11.6 Å². The van der Waals surface area contributed by atoms with E-state index in [1.54, 1.807) is 20.3 Å². The van der Waals surface area contributed by atoms with E-state index in [9.17, 15) is 13.6 Å². The van der Waals surface area contributed by atoms with Crippen molar-refractivity contribution in [3.8, 4) is 11.1 Å². The summed E-state index contributed by atoms with van der Waals surface area (Å²) >= 11 is 0. The minimum absolute atomic E-state index is 0.00169. The number of hydrogen-bond acceptors (Lipinski definition) is 7. The molecule has 0 radical (unpaired) electrons. The van der Waals surface area contributed by atoms with E-state index in [0.29, 0.717) is 22.9 Å². The van der Waals surface area contributed by atoms with E-state index < -0.39 is 11.6 Å². The predicted octanol–water partition coefficient (Wildman–Crippen LogP) is 4.67. The van der Waals surface area contributed by atoms with E-state index in [-0.39, 0.29) is 17.8 Å². The lowest BCUT2D eigenvalue weighted by molar-refractivity contribution is 0.248. The van der Waals surface area contributed by atoms with Crippen molar-refractivity contribution in [2.75, 3.05) is 29.7 Å². The summed E-state index contributed by atoms with van der Waals surface area (Å²) in [5, 5.41) is 16.2. The smallest absolute Gasteiger partial charge is 0.319 e. The number of nitrogens with one attached hydrogen (secondary N) is 4. The fourth-order valence-electron chi connectivity index (χ4n) is 4.65. The van der Waals surface area contributed by atoms with Gasteiger partial charge in [-0.3, -0.25) is 0 Å². The average molecular weight is 507 g/mol. The molecule has 4 N–H and O–H groups in total. The summed E-state index contributed by atoms with van der Waals surface area (Å²) < 4.78 is 28.7. The van der Waals surface area contributed by atoms with Crippen LogP contribution in [0.1, 0.15) is 31.2 Å². The maximum Gasteiger partial charge on any atom is 0.319 e. The van der Waals surface area contributed by atoms with Gasteiger partial charge in [0.15, 0.2) is 17.5 Å². The van der Waals surface area contributed by atoms with Gasteiger partial charge >= 0.3 is 6.03 Å². The zero-order chi connectivity index (χ0) is 25.9. The molecule has 1 aromatic heterocycles. The summed E-state index contributed by atoms with van der Waals surface area (Å²) in [7, 11) is 3.36. The van der Waals surface area contributed by atoms with Crippen molar-refractivity contribution in [3.05, 3.63) is 71.9 Å². The molecule has 0 unspecified atom stereocenters. The third-order valence-corrected chi connectivity index (χ3v) is 6.47. The minimum Gasteiger partial charge on any atom is -0.373 e. The van der Waals surface area contributed by atoms with Crippen LogP contribution in [0.3, 0.4) is 0 Å². The van der Waals surface area contributed by atoms with Crippen molar-refractivity contribution in [2.24, 2.45) is 5.10 Å². The van der Waals surface area contributed by atoms with Crippen LogP contribution in [0.4, 0.5) is 30.8 Å². The number of rotatable bonds is 6. The molecule has 1 aliphatic heterocycles. The molecule has 37 heavy (non-hydrogen) atoms. The molecule has 5 rings (SSSR count). The number of benzene rings is 2. The Hall–Kier alpha value is -4.25. The van der Waals surface area contributed by atoms with Gasteiger partial charge in [-0.05, 0) is 48.7 Å². The average Bonchev–Trinajstić information content (AvgIpc) is 3.55. The number of carbonyl (C=O) groups excluding carboxylic acids is 1. The number of halogens is 2. The van der Waals surface area contributed by atoms with Crippen molar-refractivity contribution in [3.63, 3.8) is 0 Å². The van der Waals surface area contributed by atoms with Gasteiger partial charge < -0.3 is 16.0 Å². The normalized spacial score (nSPS) is 15.9. The minimum atomic E-state index is -0.990. The maximum atomic E-state index is 14.7. The van der Waals surface area contributed by atoms with Crippen LogP contribution in [-0.2, 0) is 0 Å². The van der Waals surface area contributed by atoms with Crippen LogP contribution in [-0.4, -0.2) is 42.1 Å². The highest BCUT2D eigenvalue weighted by molar-refractivity contribution is 6.13. The largest absolute Gasteiger partial charge is 0.373 e. The molecule has 1 saturated carbocycles. The molecule has 0 atom stereocenters. The molecule has 11 heteroatoms. The summed E-state index contributed by atoms with van der Waals surface area (Å²) in [6.07, 6.45) is 5.98. The van der Waals surface area contributed by atoms with Gasteiger partial charge in [0, 0.05) is 37.6 Å². The highest BCUT2D eigenvalue weighted by atomic mass is 19.2. The monoisotopic (exact) mass is 506 g/mol. The molecule has 2 amide bonds. The Bertz CT molecular complexity index is 1340. The van der Waals surface area contributed by atoms with E-state index >= 15 is 0 Å². The van der Waals surface area contributed by atoms with E-state index in [1.165, 1.54) is 22.3 Å². The van der Waals surface area contributed by atoms with Crippen LogP contribution >= 0.6 is 0 Å². The molecule has 2 heterocycles. The van der Waals surface area contributed by atoms with Crippen molar-refractivity contribution in [2.45, 2.75) is 31.7 Å². The molecule has 0 spiro atoms. The number of aromatic nitrogens is 1. The van der Waals surface area contributed by atoms with Gasteiger partial charge in [0.2, 0.25) is 0 Å². The summed E-state index contributed by atoms with van der Waals surface area (Å²) in [4.78, 5) is 17.0. The third kappa shape index (κ3) is 5.03. The standard InChI is InChI=1S/C26H28F2N8O/c1-29-24-20(25-33-34-35(2)36(25)22-12-6-11-21(27)23(22)28)14-17(15-30-24)16-7-5-10-19(13-16)32-26(37)31-18-8-3-4-9-18/h5-7,10-15,18,34H,3-4,8-9H2,1-2H3,(H,29,30)(H2,31,32,37). The number of hydrazine groups is 2. The predicted molar refractivity (Wildman–Crippen MR) is 140 cm³/mol. The Labute approximate surface area is 213 Å². The Morgan fingerprint density at radius 2 is 1.86 bits per heavy atom. The van der Waals surface area contributed by atoms with Gasteiger partial charge in [-0.1, -0.05) is 31.0 Å². The van der Waals surface area contributed by atoms with Gasteiger partial charge in [-0.2, -0.15) is 0 Å². The number of hydrazone groups is 1. The van der Waals surface area contributed by atoms with Gasteiger partial charge in [-0.25, -0.2) is 29.1 Å². The molecule has 9 nitrogen and oxygen atoms in total. The molecule has 1 aliphatic carbocycles. The first kappa shape index (κ1) is 24.4. The van der Waals surface area contributed by atoms with Crippen LogP contribution in [0.25, 0.3) is 11.1 Å². The fourth-order valence-corrected chi connectivity index (χ4v) is 4.65. The van der Waals surface area contributed by atoms with Gasteiger partial charge in [-0.15, -0.1) is 10.2 Å². The molecule has 1 fully saturated rings. The Balaban J connectivity index is 1.45. The lowest BCUT2D eigenvalue weighted by Gasteiger charge is -2.27. The zero-order valence-electron chi connectivity index (χ0n) is 20.6. The molecule has 3 aromatic rings. The summed E-state index contributed by atoms with van der Waals surface area (Å²) in [6, 6.07) is 13.3. The molecular weight excluding hydrogens is 478 g/mol. The summed E-state index contributed by atoms with van der Waals surface area (Å²) in [6.45, 7) is 0. The maximum absolute atomic E-state index is 14.7. The van der Waals surface area contributed by atoms with Gasteiger partial charge in [0.05, 0.1) is 5.56 Å². The van der Waals surface area contributed by atoms with E-state index in [1.807, 2.05) is 30.3 Å². The van der Waals surface area contributed by atoms with Crippen molar-refractivity contribution >= 4 is 29.1 Å².